The number of anilines is 1. The number of hydrogen-bond acceptors (Lipinski definition) is 8. The fourth-order valence-electron chi connectivity index (χ4n) is 3.45. The third kappa shape index (κ3) is 2.91. The minimum atomic E-state index is -0.387. The largest absolute Gasteiger partial charge is 0.493 e. The van der Waals surface area contributed by atoms with Gasteiger partial charge in [-0.2, -0.15) is 10.4 Å². The number of nitrogens with zero attached hydrogens (tertiary/aromatic N) is 5. The van der Waals surface area contributed by atoms with E-state index in [1.807, 2.05) is 31.2 Å². The number of nitriles is 1. The van der Waals surface area contributed by atoms with Gasteiger partial charge in [-0.25, -0.2) is 9.99 Å². The van der Waals surface area contributed by atoms with E-state index >= 15 is 0 Å². The van der Waals surface area contributed by atoms with Gasteiger partial charge in [0.2, 0.25) is 5.88 Å². The van der Waals surface area contributed by atoms with Crippen LogP contribution in [0.1, 0.15) is 18.4 Å². The first-order valence-electron chi connectivity index (χ1n) is 9.28. The summed E-state index contributed by atoms with van der Waals surface area (Å²) < 4.78 is 0. The van der Waals surface area contributed by atoms with E-state index in [1.54, 1.807) is 11.1 Å². The lowest BCUT2D eigenvalue weighted by Gasteiger charge is -2.26. The molecule has 0 saturated heterocycles. The van der Waals surface area contributed by atoms with Crippen molar-refractivity contribution in [2.24, 2.45) is 10.1 Å². The molecule has 0 bridgehead atoms. The minimum Gasteiger partial charge on any atom is -0.493 e. The van der Waals surface area contributed by atoms with Crippen molar-refractivity contribution < 1.29 is 5.11 Å². The standard InChI is InChI=1S/C20H19N7O/c1-11-6-19(28)25-16-5-4-13(7-15(11)16)24-18-8-17(23-12-2-3-12)20-22-10-14(9-21)27(20)26-18/h4-8,12,14,23H,2-3,10H2,1H3,(H,24,26)(H,25,28). The second-order valence-corrected chi connectivity index (χ2v) is 7.27. The Morgan fingerprint density at radius 2 is 2.14 bits per heavy atom. The van der Waals surface area contributed by atoms with Gasteiger partial charge in [-0.1, -0.05) is 0 Å². The molecule has 0 amide bonds. The van der Waals surface area contributed by atoms with Gasteiger partial charge in [0, 0.05) is 29.3 Å². The van der Waals surface area contributed by atoms with Gasteiger partial charge < -0.3 is 15.7 Å². The molecule has 3 aliphatic rings. The van der Waals surface area contributed by atoms with Gasteiger partial charge in [0.25, 0.3) is 0 Å². The fraction of sp³-hybridized carbons (Fsp3) is 0.300. The molecule has 8 nitrogen and oxygen atoms in total. The van der Waals surface area contributed by atoms with Crippen molar-refractivity contribution in [2.75, 3.05) is 11.9 Å². The molecule has 5 rings (SSSR count). The minimum absolute atomic E-state index is 0.0180. The zero-order valence-electron chi connectivity index (χ0n) is 15.3. The lowest BCUT2D eigenvalue weighted by molar-refractivity contribution is 0.417. The van der Waals surface area contributed by atoms with Gasteiger partial charge in [0.15, 0.2) is 17.7 Å². The molecule has 1 saturated carbocycles. The Balaban J connectivity index is 1.48. The van der Waals surface area contributed by atoms with Crippen LogP contribution in [0.25, 0.3) is 10.9 Å². The number of rotatable bonds is 3. The van der Waals surface area contributed by atoms with E-state index in [0.29, 0.717) is 18.4 Å². The Labute approximate surface area is 161 Å². The lowest BCUT2D eigenvalue weighted by atomic mass is 10.1. The molecule has 0 spiro atoms. The number of hydrogen-bond donors (Lipinski definition) is 3. The number of benzene rings is 1. The van der Waals surface area contributed by atoms with Crippen LogP contribution in [0, 0.1) is 18.3 Å². The molecule has 1 atom stereocenters. The number of pyridine rings is 1. The summed E-state index contributed by atoms with van der Waals surface area (Å²) in [5, 5.41) is 33.2. The monoisotopic (exact) mass is 373 g/mol. The van der Waals surface area contributed by atoms with Gasteiger partial charge in [-0.15, -0.1) is 0 Å². The van der Waals surface area contributed by atoms with Crippen molar-refractivity contribution in [3.63, 3.8) is 0 Å². The van der Waals surface area contributed by atoms with Crippen molar-refractivity contribution >= 4 is 28.3 Å². The Morgan fingerprint density at radius 3 is 2.93 bits per heavy atom. The number of aromatic nitrogens is 1. The van der Waals surface area contributed by atoms with E-state index in [1.165, 1.54) is 0 Å². The molecule has 1 aromatic heterocycles. The van der Waals surface area contributed by atoms with Gasteiger partial charge in [-0.3, -0.25) is 4.99 Å². The second kappa shape index (κ2) is 6.23. The molecule has 140 valence electrons. The number of aryl methyl sites for hydroxylation is 1. The number of fused-ring (bicyclic) bond motifs is 2. The predicted molar refractivity (Wildman–Crippen MR) is 107 cm³/mol. The molecule has 2 aliphatic heterocycles. The van der Waals surface area contributed by atoms with Crippen LogP contribution < -0.4 is 10.6 Å². The van der Waals surface area contributed by atoms with E-state index in [9.17, 15) is 10.4 Å². The highest BCUT2D eigenvalue weighted by molar-refractivity contribution is 6.14. The maximum atomic E-state index is 9.68. The topological polar surface area (TPSA) is 109 Å². The third-order valence-electron chi connectivity index (χ3n) is 5.02. The molecule has 1 aliphatic carbocycles. The van der Waals surface area contributed by atoms with E-state index in [2.05, 4.69) is 31.8 Å². The molecule has 0 radical (unpaired) electrons. The van der Waals surface area contributed by atoms with Crippen LogP contribution in [0.2, 0.25) is 0 Å². The summed E-state index contributed by atoms with van der Waals surface area (Å²) in [5.41, 5.74) is 3.44. The average Bonchev–Trinajstić information content (AvgIpc) is 3.38. The molecule has 1 fully saturated rings. The first-order chi connectivity index (χ1) is 13.6. The summed E-state index contributed by atoms with van der Waals surface area (Å²) in [4.78, 5) is 8.65. The Bertz CT molecular complexity index is 1110. The van der Waals surface area contributed by atoms with E-state index in [4.69, 9.17) is 0 Å². The summed E-state index contributed by atoms with van der Waals surface area (Å²) >= 11 is 0. The van der Waals surface area contributed by atoms with E-state index in [-0.39, 0.29) is 11.9 Å². The van der Waals surface area contributed by atoms with Crippen molar-refractivity contribution in [3.8, 4) is 11.9 Å². The van der Waals surface area contributed by atoms with Gasteiger partial charge in [-0.05, 0) is 43.5 Å². The summed E-state index contributed by atoms with van der Waals surface area (Å²) in [7, 11) is 0. The zero-order valence-corrected chi connectivity index (χ0v) is 15.3. The van der Waals surface area contributed by atoms with E-state index in [0.717, 1.165) is 46.5 Å². The fourth-order valence-corrected chi connectivity index (χ4v) is 3.45. The average molecular weight is 373 g/mol. The van der Waals surface area contributed by atoms with Crippen molar-refractivity contribution in [1.29, 1.82) is 5.26 Å². The highest BCUT2D eigenvalue weighted by Crippen LogP contribution is 2.27. The van der Waals surface area contributed by atoms with Crippen molar-refractivity contribution in [1.82, 2.24) is 15.3 Å². The quantitative estimate of drug-likeness (QED) is 0.761. The predicted octanol–water partition coefficient (Wildman–Crippen LogP) is 2.23. The maximum absolute atomic E-state index is 9.68. The van der Waals surface area contributed by atoms with Crippen LogP contribution in [0.15, 0.2) is 46.1 Å². The zero-order chi connectivity index (χ0) is 19.3. The van der Waals surface area contributed by atoms with Crippen LogP contribution in [0.3, 0.4) is 0 Å². The normalized spacial score (nSPS) is 20.8. The Hall–Kier alpha value is -3.60. The van der Waals surface area contributed by atoms with Crippen LogP contribution in [-0.2, 0) is 0 Å². The molecule has 3 N–H and O–H groups in total. The second-order valence-electron chi connectivity index (χ2n) is 7.27. The summed E-state index contributed by atoms with van der Waals surface area (Å²) in [6, 6.07) is 9.74. The number of hydrazone groups is 1. The third-order valence-corrected chi connectivity index (χ3v) is 5.02. The van der Waals surface area contributed by atoms with Gasteiger partial charge in [0.05, 0.1) is 23.8 Å². The van der Waals surface area contributed by atoms with Crippen LogP contribution in [0.4, 0.5) is 5.69 Å². The number of amidine groups is 2. The van der Waals surface area contributed by atoms with Gasteiger partial charge in [0.1, 0.15) is 0 Å². The summed E-state index contributed by atoms with van der Waals surface area (Å²) in [6.07, 6.45) is 4.24. The van der Waals surface area contributed by atoms with Crippen molar-refractivity contribution in [2.45, 2.75) is 31.8 Å². The van der Waals surface area contributed by atoms with Crippen molar-refractivity contribution in [3.05, 3.63) is 41.6 Å². The lowest BCUT2D eigenvalue weighted by Crippen LogP contribution is -2.40. The summed E-state index contributed by atoms with van der Waals surface area (Å²) in [5.74, 6) is 1.40. The highest BCUT2D eigenvalue weighted by Gasteiger charge is 2.35. The molecule has 28 heavy (non-hydrogen) atoms. The van der Waals surface area contributed by atoms with Gasteiger partial charge >= 0.3 is 0 Å². The first-order valence-corrected chi connectivity index (χ1v) is 9.28. The smallest absolute Gasteiger partial charge is 0.211 e. The molecular weight excluding hydrogens is 354 g/mol. The molecule has 1 unspecified atom stereocenters. The molecule has 1 aromatic carbocycles. The SMILES string of the molecule is Cc1cc(O)nc2ccc(NC3=NN4C(=NCC4C#N)C(NC4CC4)=C3)cc12. The first kappa shape index (κ1) is 16.6. The van der Waals surface area contributed by atoms with Crippen LogP contribution in [-0.4, -0.2) is 45.4 Å². The van der Waals surface area contributed by atoms with E-state index < -0.39 is 0 Å². The Kier molecular flexibility index (Phi) is 3.69. The van der Waals surface area contributed by atoms with Crippen LogP contribution >= 0.6 is 0 Å². The molecule has 2 aromatic rings. The molecular formula is C20H19N7O. The molecule has 3 heterocycles. The maximum Gasteiger partial charge on any atom is 0.211 e. The number of aromatic hydroxyl groups is 1. The number of aliphatic imine (C=N–C) groups is 1. The Morgan fingerprint density at radius 1 is 1.29 bits per heavy atom. The van der Waals surface area contributed by atoms with Crippen LogP contribution in [0.5, 0.6) is 5.88 Å². The number of nitrogens with one attached hydrogen (secondary N) is 2. The summed E-state index contributed by atoms with van der Waals surface area (Å²) in [6.45, 7) is 2.37. The highest BCUT2D eigenvalue weighted by atomic mass is 16.3. The molecule has 8 heteroatoms.